The highest BCUT2D eigenvalue weighted by Crippen LogP contribution is 2.37. The van der Waals surface area contributed by atoms with Crippen LogP contribution in [0, 0.1) is 0 Å². The smallest absolute Gasteiger partial charge is 0.110 e. The maximum absolute atomic E-state index is 14.2. The third kappa shape index (κ3) is 6.12. The quantitative estimate of drug-likeness (QED) is 0.445. The number of alkyl halides is 2. The molecule has 0 heterocycles. The topological polar surface area (TPSA) is 3.24 Å². The fraction of sp³-hybridized carbons (Fsp3) is 0.538. The minimum atomic E-state index is -1.05. The summed E-state index contributed by atoms with van der Waals surface area (Å²) in [6.07, 6.45) is 2.73. The summed E-state index contributed by atoms with van der Waals surface area (Å²) in [6, 6.07) is 19.2. The van der Waals surface area contributed by atoms with Crippen molar-refractivity contribution in [3.05, 3.63) is 71.3 Å². The van der Waals surface area contributed by atoms with Crippen LogP contribution >= 0.6 is 0 Å². The van der Waals surface area contributed by atoms with Gasteiger partial charge in [0, 0.05) is 18.5 Å². The molecule has 1 fully saturated rings. The van der Waals surface area contributed by atoms with Crippen LogP contribution in [0.5, 0.6) is 0 Å². The lowest BCUT2D eigenvalue weighted by atomic mass is 9.81. The summed E-state index contributed by atoms with van der Waals surface area (Å²) in [5.41, 5.74) is 3.42. The predicted molar refractivity (Wildman–Crippen MR) is 118 cm³/mol. The van der Waals surface area contributed by atoms with Crippen LogP contribution in [0.2, 0.25) is 0 Å². The first-order valence-electron chi connectivity index (χ1n) is 11.2. The zero-order chi connectivity index (χ0) is 20.6. The summed E-state index contributed by atoms with van der Waals surface area (Å²) in [7, 11) is 0. The molecule has 0 amide bonds. The molecule has 0 N–H and O–H groups in total. The molecule has 3 rings (SSSR count). The number of hydrogen-bond donors (Lipinski definition) is 0. The van der Waals surface area contributed by atoms with Crippen LogP contribution in [0.1, 0.15) is 68.6 Å². The SMILES string of the molecule is CCCN(Cc1ccccc1)C(C)CCc1ccc(C2C(F)CCCC2F)cc1. The van der Waals surface area contributed by atoms with Gasteiger partial charge in [0.15, 0.2) is 0 Å². The molecule has 158 valence electrons. The van der Waals surface area contributed by atoms with E-state index in [0.717, 1.165) is 37.9 Å². The Kier molecular flexibility index (Phi) is 8.23. The van der Waals surface area contributed by atoms with E-state index >= 15 is 0 Å². The van der Waals surface area contributed by atoms with Crippen molar-refractivity contribution in [2.75, 3.05) is 6.54 Å². The van der Waals surface area contributed by atoms with E-state index in [1.165, 1.54) is 11.1 Å². The summed E-state index contributed by atoms with van der Waals surface area (Å²) in [5.74, 6) is -0.581. The van der Waals surface area contributed by atoms with Crippen molar-refractivity contribution in [3.8, 4) is 0 Å². The molecule has 29 heavy (non-hydrogen) atoms. The minimum Gasteiger partial charge on any atom is -0.296 e. The van der Waals surface area contributed by atoms with Gasteiger partial charge in [-0.1, -0.05) is 61.5 Å². The van der Waals surface area contributed by atoms with Crippen LogP contribution in [0.4, 0.5) is 8.78 Å². The zero-order valence-corrected chi connectivity index (χ0v) is 17.9. The first-order chi connectivity index (χ1) is 14.1. The molecular weight excluding hydrogens is 364 g/mol. The highest BCUT2D eigenvalue weighted by atomic mass is 19.1. The lowest BCUT2D eigenvalue weighted by Gasteiger charge is -2.30. The predicted octanol–water partition coefficient (Wildman–Crippen LogP) is 6.86. The highest BCUT2D eigenvalue weighted by Gasteiger charge is 2.34. The Morgan fingerprint density at radius 1 is 0.931 bits per heavy atom. The van der Waals surface area contributed by atoms with Crippen LogP contribution in [-0.2, 0) is 13.0 Å². The maximum Gasteiger partial charge on any atom is 0.110 e. The van der Waals surface area contributed by atoms with Gasteiger partial charge in [-0.15, -0.1) is 0 Å². The average Bonchev–Trinajstić information content (AvgIpc) is 2.73. The maximum atomic E-state index is 14.2. The molecule has 0 spiro atoms. The Labute approximate surface area is 175 Å². The van der Waals surface area contributed by atoms with Crippen molar-refractivity contribution in [3.63, 3.8) is 0 Å². The summed E-state index contributed by atoms with van der Waals surface area (Å²) >= 11 is 0. The van der Waals surface area contributed by atoms with E-state index in [1.54, 1.807) is 0 Å². The Hall–Kier alpha value is -1.74. The van der Waals surface area contributed by atoms with Gasteiger partial charge in [0.25, 0.3) is 0 Å². The van der Waals surface area contributed by atoms with Crippen LogP contribution < -0.4 is 0 Å². The zero-order valence-electron chi connectivity index (χ0n) is 17.9. The molecule has 3 unspecified atom stereocenters. The van der Waals surface area contributed by atoms with Gasteiger partial charge in [0.05, 0.1) is 0 Å². The molecule has 1 saturated carbocycles. The molecule has 2 aromatic rings. The van der Waals surface area contributed by atoms with Gasteiger partial charge in [0.1, 0.15) is 12.3 Å². The summed E-state index contributed by atoms with van der Waals surface area (Å²) in [5, 5.41) is 0. The number of rotatable bonds is 9. The van der Waals surface area contributed by atoms with Crippen molar-refractivity contribution in [1.82, 2.24) is 4.90 Å². The molecular formula is C26H35F2N. The lowest BCUT2D eigenvalue weighted by Crippen LogP contribution is -2.33. The van der Waals surface area contributed by atoms with Crippen LogP contribution in [-0.4, -0.2) is 29.8 Å². The molecule has 0 radical (unpaired) electrons. The third-order valence-corrected chi connectivity index (χ3v) is 6.32. The monoisotopic (exact) mass is 399 g/mol. The standard InChI is InChI=1S/C26H35F2N/c1-3-18-29(19-22-8-5-4-6-9-22)20(2)12-13-21-14-16-23(17-15-21)26-24(27)10-7-11-25(26)28/h4-6,8-9,14-17,20,24-26H,3,7,10-13,18-19H2,1-2H3. The molecule has 1 aliphatic carbocycles. The van der Waals surface area contributed by atoms with Crippen molar-refractivity contribution >= 4 is 0 Å². The fourth-order valence-electron chi connectivity index (χ4n) is 4.54. The molecule has 1 aliphatic rings. The number of halogens is 2. The van der Waals surface area contributed by atoms with Gasteiger partial charge in [0.2, 0.25) is 0 Å². The third-order valence-electron chi connectivity index (χ3n) is 6.32. The van der Waals surface area contributed by atoms with Gasteiger partial charge in [-0.25, -0.2) is 8.78 Å². The van der Waals surface area contributed by atoms with E-state index in [2.05, 4.69) is 61.2 Å². The van der Waals surface area contributed by atoms with E-state index in [-0.39, 0.29) is 0 Å². The Morgan fingerprint density at radius 2 is 1.59 bits per heavy atom. The van der Waals surface area contributed by atoms with E-state index in [4.69, 9.17) is 0 Å². The van der Waals surface area contributed by atoms with Gasteiger partial charge >= 0.3 is 0 Å². The largest absolute Gasteiger partial charge is 0.296 e. The fourth-order valence-corrected chi connectivity index (χ4v) is 4.54. The first-order valence-corrected chi connectivity index (χ1v) is 11.2. The van der Waals surface area contributed by atoms with Gasteiger partial charge in [-0.05, 0) is 68.7 Å². The Bertz CT molecular complexity index is 705. The van der Waals surface area contributed by atoms with Crippen LogP contribution in [0.25, 0.3) is 0 Å². The molecule has 1 nitrogen and oxygen atoms in total. The minimum absolute atomic E-state index is 0.485. The number of nitrogens with zero attached hydrogens (tertiary/aromatic N) is 1. The second kappa shape index (κ2) is 10.9. The summed E-state index contributed by atoms with van der Waals surface area (Å²) < 4.78 is 28.5. The molecule has 3 heteroatoms. The van der Waals surface area contributed by atoms with Gasteiger partial charge in [-0.3, -0.25) is 4.90 Å². The second-order valence-electron chi connectivity index (χ2n) is 8.57. The van der Waals surface area contributed by atoms with Crippen LogP contribution in [0.3, 0.4) is 0 Å². The van der Waals surface area contributed by atoms with Crippen molar-refractivity contribution in [2.24, 2.45) is 0 Å². The van der Waals surface area contributed by atoms with Crippen LogP contribution in [0.15, 0.2) is 54.6 Å². The average molecular weight is 400 g/mol. The molecule has 3 atom stereocenters. The highest BCUT2D eigenvalue weighted by molar-refractivity contribution is 5.28. The van der Waals surface area contributed by atoms with E-state index in [0.29, 0.717) is 25.3 Å². The first kappa shape index (κ1) is 22.0. The van der Waals surface area contributed by atoms with Gasteiger partial charge < -0.3 is 0 Å². The van der Waals surface area contributed by atoms with Crippen molar-refractivity contribution < 1.29 is 8.78 Å². The van der Waals surface area contributed by atoms with E-state index in [1.807, 2.05) is 12.1 Å². The second-order valence-corrected chi connectivity index (χ2v) is 8.57. The molecule has 2 aromatic carbocycles. The van der Waals surface area contributed by atoms with Gasteiger partial charge in [-0.2, -0.15) is 0 Å². The summed E-state index contributed by atoms with van der Waals surface area (Å²) in [6.45, 7) is 6.60. The summed E-state index contributed by atoms with van der Waals surface area (Å²) in [4.78, 5) is 2.55. The van der Waals surface area contributed by atoms with Crippen molar-refractivity contribution in [1.29, 1.82) is 0 Å². The van der Waals surface area contributed by atoms with E-state index in [9.17, 15) is 8.78 Å². The molecule has 0 aromatic heterocycles. The molecule has 0 aliphatic heterocycles. The lowest BCUT2D eigenvalue weighted by molar-refractivity contribution is 0.124. The Morgan fingerprint density at radius 3 is 2.21 bits per heavy atom. The number of hydrogen-bond acceptors (Lipinski definition) is 1. The molecule has 0 saturated heterocycles. The normalized spacial score (nSPS) is 23.3. The number of benzene rings is 2. The molecule has 0 bridgehead atoms. The Balaban J connectivity index is 1.56. The van der Waals surface area contributed by atoms with E-state index < -0.39 is 18.3 Å². The van der Waals surface area contributed by atoms with Crippen molar-refractivity contribution in [2.45, 2.75) is 83.2 Å². The number of aryl methyl sites for hydroxylation is 1.